The van der Waals surface area contributed by atoms with Crippen LogP contribution >= 0.6 is 23.2 Å². The summed E-state index contributed by atoms with van der Waals surface area (Å²) >= 11 is 12.0. The summed E-state index contributed by atoms with van der Waals surface area (Å²) in [6.07, 6.45) is 5.23. The molecule has 0 aliphatic heterocycles. The van der Waals surface area contributed by atoms with Crippen molar-refractivity contribution in [1.82, 2.24) is 0 Å². The van der Waals surface area contributed by atoms with E-state index in [0.29, 0.717) is 12.8 Å². The van der Waals surface area contributed by atoms with Gasteiger partial charge in [0.2, 0.25) is 0 Å². The lowest BCUT2D eigenvalue weighted by atomic mass is 9.95. The van der Waals surface area contributed by atoms with Gasteiger partial charge in [-0.2, -0.15) is 0 Å². The molecule has 1 N–H and O–H groups in total. The van der Waals surface area contributed by atoms with Crippen LogP contribution in [-0.2, 0) is 4.79 Å². The number of aliphatic carboxylic acids is 1. The highest BCUT2D eigenvalue weighted by molar-refractivity contribution is 6.49. The predicted molar refractivity (Wildman–Crippen MR) is 64.6 cm³/mol. The van der Waals surface area contributed by atoms with Crippen LogP contribution in [0.25, 0.3) is 0 Å². The Hall–Kier alpha value is 0.0500. The molecule has 0 fully saturated rings. The van der Waals surface area contributed by atoms with Gasteiger partial charge in [-0.15, -0.1) is 23.2 Å². The quantitative estimate of drug-likeness (QED) is 0.520. The van der Waals surface area contributed by atoms with Gasteiger partial charge >= 0.3 is 5.97 Å². The maximum absolute atomic E-state index is 11.0. The number of carboxylic acids is 1. The molecule has 0 aromatic heterocycles. The third-order valence-electron chi connectivity index (χ3n) is 2.63. The summed E-state index contributed by atoms with van der Waals surface area (Å²) in [6, 6.07) is 0. The number of carboxylic acid groups (broad SMARTS) is 1. The zero-order valence-corrected chi connectivity index (χ0v) is 10.9. The monoisotopic (exact) mass is 254 g/mol. The average molecular weight is 255 g/mol. The summed E-state index contributed by atoms with van der Waals surface area (Å²) in [5, 5.41) is 9.03. The van der Waals surface area contributed by atoms with Crippen LogP contribution < -0.4 is 0 Å². The smallest absolute Gasteiger partial charge is 0.309 e. The van der Waals surface area contributed by atoms with Crippen LogP contribution in [0.5, 0.6) is 0 Å². The predicted octanol–water partition coefficient (Wildman–Crippen LogP) is 4.24. The maximum Gasteiger partial charge on any atom is 0.309 e. The Balaban J connectivity index is 4.12. The third-order valence-corrected chi connectivity index (χ3v) is 3.69. The lowest BCUT2D eigenvalue weighted by Crippen LogP contribution is -2.32. The van der Waals surface area contributed by atoms with Gasteiger partial charge < -0.3 is 5.11 Å². The Morgan fingerprint density at radius 1 is 1.27 bits per heavy atom. The second kappa shape index (κ2) is 7.34. The van der Waals surface area contributed by atoms with E-state index in [-0.39, 0.29) is 0 Å². The number of carbonyl (C=O) groups is 1. The normalized spacial score (nSPS) is 13.9. The van der Waals surface area contributed by atoms with Gasteiger partial charge in [0.25, 0.3) is 0 Å². The van der Waals surface area contributed by atoms with E-state index in [4.69, 9.17) is 28.3 Å². The molecule has 0 heterocycles. The fraction of sp³-hybridized carbons (Fsp3) is 0.909. The molecule has 0 aliphatic rings. The van der Waals surface area contributed by atoms with Gasteiger partial charge in [-0.25, -0.2) is 0 Å². The Morgan fingerprint density at radius 3 is 2.27 bits per heavy atom. The summed E-state index contributed by atoms with van der Waals surface area (Å²) < 4.78 is -1.13. The summed E-state index contributed by atoms with van der Waals surface area (Å²) in [6.45, 7) is 3.93. The molecule has 0 bridgehead atoms. The first-order valence-corrected chi connectivity index (χ1v) is 6.31. The number of hydrogen-bond acceptors (Lipinski definition) is 1. The highest BCUT2D eigenvalue weighted by atomic mass is 35.5. The summed E-state index contributed by atoms with van der Waals surface area (Å²) in [7, 11) is 0. The fourth-order valence-electron chi connectivity index (χ4n) is 1.54. The van der Waals surface area contributed by atoms with Gasteiger partial charge in [-0.1, -0.05) is 39.5 Å². The lowest BCUT2D eigenvalue weighted by molar-refractivity contribution is -0.142. The van der Waals surface area contributed by atoms with Gasteiger partial charge in [-0.3, -0.25) is 4.79 Å². The van der Waals surface area contributed by atoms with E-state index in [1.807, 2.05) is 6.92 Å². The van der Waals surface area contributed by atoms with Gasteiger partial charge in [-0.05, 0) is 12.8 Å². The fourth-order valence-corrected chi connectivity index (χ4v) is 1.94. The van der Waals surface area contributed by atoms with Crippen molar-refractivity contribution in [3.63, 3.8) is 0 Å². The molecule has 0 spiro atoms. The zero-order chi connectivity index (χ0) is 11.9. The summed E-state index contributed by atoms with van der Waals surface area (Å²) in [5.41, 5.74) is 0. The van der Waals surface area contributed by atoms with Crippen molar-refractivity contribution in [2.75, 3.05) is 0 Å². The Bertz CT molecular complexity index is 193. The topological polar surface area (TPSA) is 37.3 Å². The first-order chi connectivity index (χ1) is 6.95. The van der Waals surface area contributed by atoms with E-state index in [0.717, 1.165) is 25.7 Å². The van der Waals surface area contributed by atoms with E-state index >= 15 is 0 Å². The molecule has 0 aliphatic carbocycles. The number of hydrogen-bond donors (Lipinski definition) is 1. The number of alkyl halides is 2. The maximum atomic E-state index is 11.0. The van der Waals surface area contributed by atoms with Crippen molar-refractivity contribution >= 4 is 29.2 Å². The Kier molecular flexibility index (Phi) is 7.37. The van der Waals surface area contributed by atoms with Crippen LogP contribution in [-0.4, -0.2) is 15.4 Å². The molecule has 1 atom stereocenters. The molecule has 0 aromatic carbocycles. The lowest BCUT2D eigenvalue weighted by Gasteiger charge is -2.25. The SMILES string of the molecule is CCCCCCC(C(=O)O)C(Cl)(Cl)CC. The van der Waals surface area contributed by atoms with Crippen molar-refractivity contribution in [1.29, 1.82) is 0 Å². The molecule has 0 aromatic rings. The minimum atomic E-state index is -1.13. The molecular weight excluding hydrogens is 235 g/mol. The van der Waals surface area contributed by atoms with Crippen molar-refractivity contribution in [2.24, 2.45) is 5.92 Å². The Morgan fingerprint density at radius 2 is 1.87 bits per heavy atom. The third kappa shape index (κ3) is 5.62. The van der Waals surface area contributed by atoms with Gasteiger partial charge in [0.15, 0.2) is 0 Å². The van der Waals surface area contributed by atoms with Crippen LogP contribution in [0.3, 0.4) is 0 Å². The molecule has 0 radical (unpaired) electrons. The van der Waals surface area contributed by atoms with Crippen molar-refractivity contribution in [3.8, 4) is 0 Å². The Labute approximate surface area is 102 Å². The van der Waals surface area contributed by atoms with E-state index < -0.39 is 16.2 Å². The highest BCUT2D eigenvalue weighted by Crippen LogP contribution is 2.37. The van der Waals surface area contributed by atoms with Gasteiger partial charge in [0.1, 0.15) is 4.33 Å². The first kappa shape index (κ1) is 15.0. The number of unbranched alkanes of at least 4 members (excludes halogenated alkanes) is 3. The molecule has 0 amide bonds. The highest BCUT2D eigenvalue weighted by Gasteiger charge is 2.37. The molecule has 90 valence electrons. The van der Waals surface area contributed by atoms with Crippen LogP contribution in [0, 0.1) is 5.92 Å². The molecule has 1 unspecified atom stereocenters. The van der Waals surface area contributed by atoms with Crippen LogP contribution in [0.4, 0.5) is 0 Å². The first-order valence-electron chi connectivity index (χ1n) is 5.56. The largest absolute Gasteiger partial charge is 0.481 e. The van der Waals surface area contributed by atoms with E-state index in [1.165, 1.54) is 0 Å². The van der Waals surface area contributed by atoms with E-state index in [2.05, 4.69) is 6.92 Å². The van der Waals surface area contributed by atoms with E-state index in [9.17, 15) is 4.79 Å². The summed E-state index contributed by atoms with van der Waals surface area (Å²) in [4.78, 5) is 11.0. The number of halogens is 2. The number of rotatable bonds is 8. The van der Waals surface area contributed by atoms with Crippen LogP contribution in [0.15, 0.2) is 0 Å². The molecule has 0 rings (SSSR count). The van der Waals surface area contributed by atoms with Crippen LogP contribution in [0.2, 0.25) is 0 Å². The van der Waals surface area contributed by atoms with Crippen molar-refractivity contribution in [3.05, 3.63) is 0 Å². The van der Waals surface area contributed by atoms with E-state index in [1.54, 1.807) is 0 Å². The second-order valence-electron chi connectivity index (χ2n) is 3.85. The minimum Gasteiger partial charge on any atom is -0.481 e. The van der Waals surface area contributed by atoms with Crippen LogP contribution in [0.1, 0.15) is 52.4 Å². The molecule has 15 heavy (non-hydrogen) atoms. The van der Waals surface area contributed by atoms with Gasteiger partial charge in [0, 0.05) is 0 Å². The summed E-state index contributed by atoms with van der Waals surface area (Å²) in [5.74, 6) is -1.54. The van der Waals surface area contributed by atoms with Crippen molar-refractivity contribution < 1.29 is 9.90 Å². The standard InChI is InChI=1S/C11H20Cl2O2/c1-3-5-6-7-8-9(10(14)15)11(12,13)4-2/h9H,3-8H2,1-2H3,(H,14,15). The second-order valence-corrected chi connectivity index (χ2v) is 5.40. The molecule has 0 saturated heterocycles. The zero-order valence-electron chi connectivity index (χ0n) is 9.43. The van der Waals surface area contributed by atoms with Crippen molar-refractivity contribution in [2.45, 2.75) is 56.7 Å². The molecule has 0 saturated carbocycles. The minimum absolute atomic E-state index is 0.459. The molecule has 2 nitrogen and oxygen atoms in total. The molecule has 4 heteroatoms. The average Bonchev–Trinajstić information content (AvgIpc) is 2.16. The van der Waals surface area contributed by atoms with Gasteiger partial charge in [0.05, 0.1) is 5.92 Å². The molecular formula is C11H20Cl2O2.